The number of esters is 1. The second kappa shape index (κ2) is 5.54. The molecular weight excluding hydrogens is 292 g/mol. The number of nitriles is 1. The summed E-state index contributed by atoms with van der Waals surface area (Å²) < 4.78 is 6.77. The van der Waals surface area contributed by atoms with Crippen molar-refractivity contribution in [2.75, 3.05) is 7.11 Å². The Morgan fingerprint density at radius 1 is 1.43 bits per heavy atom. The predicted molar refractivity (Wildman–Crippen MR) is 84.9 cm³/mol. The average molecular weight is 310 g/mol. The van der Waals surface area contributed by atoms with E-state index in [9.17, 15) is 9.59 Å². The molecule has 0 saturated carbocycles. The molecule has 23 heavy (non-hydrogen) atoms. The summed E-state index contributed by atoms with van der Waals surface area (Å²) in [5.74, 6) is -0.756. The lowest BCUT2D eigenvalue weighted by molar-refractivity contribution is -0.150. The van der Waals surface area contributed by atoms with E-state index >= 15 is 0 Å². The van der Waals surface area contributed by atoms with Crippen molar-refractivity contribution in [1.29, 1.82) is 5.26 Å². The van der Waals surface area contributed by atoms with Gasteiger partial charge in [0.1, 0.15) is 5.41 Å². The van der Waals surface area contributed by atoms with Crippen LogP contribution in [0.4, 0.5) is 0 Å². The summed E-state index contributed by atoms with van der Waals surface area (Å²) in [6.07, 6.45) is 1.38. The molecule has 1 unspecified atom stereocenters. The number of carbonyl (C=O) groups excluding carboxylic acids is 2. The zero-order valence-electron chi connectivity index (χ0n) is 13.3. The fourth-order valence-corrected chi connectivity index (χ4v) is 3.69. The third-order valence-corrected chi connectivity index (χ3v) is 4.90. The maximum Gasteiger partial charge on any atom is 0.319 e. The molecule has 1 heterocycles. The van der Waals surface area contributed by atoms with Gasteiger partial charge in [-0.1, -0.05) is 18.2 Å². The van der Waals surface area contributed by atoms with E-state index in [0.717, 1.165) is 16.5 Å². The van der Waals surface area contributed by atoms with Crippen LogP contribution in [0.3, 0.4) is 0 Å². The number of aryl methyl sites for hydroxylation is 2. The molecule has 1 aliphatic rings. The van der Waals surface area contributed by atoms with Gasteiger partial charge >= 0.3 is 5.97 Å². The third kappa shape index (κ3) is 2.06. The van der Waals surface area contributed by atoms with E-state index in [1.165, 1.54) is 7.11 Å². The summed E-state index contributed by atoms with van der Waals surface area (Å²) in [6.45, 7) is 0. The van der Waals surface area contributed by atoms with Gasteiger partial charge < -0.3 is 9.30 Å². The highest BCUT2D eigenvalue weighted by Gasteiger charge is 2.51. The van der Waals surface area contributed by atoms with Crippen LogP contribution in [0, 0.1) is 16.7 Å². The number of rotatable bonds is 3. The van der Waals surface area contributed by atoms with Crippen LogP contribution in [0.2, 0.25) is 0 Å². The first kappa shape index (κ1) is 15.3. The number of ketones is 1. The molecule has 0 spiro atoms. The number of methoxy groups -OCH3 is 1. The minimum absolute atomic E-state index is 0.153. The van der Waals surface area contributed by atoms with Crippen LogP contribution in [0.5, 0.6) is 0 Å². The zero-order chi connectivity index (χ0) is 16.6. The molecule has 1 aromatic heterocycles. The van der Waals surface area contributed by atoms with Crippen molar-refractivity contribution in [3.63, 3.8) is 0 Å². The van der Waals surface area contributed by atoms with E-state index < -0.39 is 11.4 Å². The molecular formula is C18H18N2O3. The van der Waals surface area contributed by atoms with E-state index in [0.29, 0.717) is 18.5 Å². The van der Waals surface area contributed by atoms with Gasteiger partial charge in [0, 0.05) is 24.4 Å². The van der Waals surface area contributed by atoms with E-state index in [4.69, 9.17) is 10.00 Å². The second-order valence-corrected chi connectivity index (χ2v) is 5.96. The van der Waals surface area contributed by atoms with Gasteiger partial charge in [-0.2, -0.15) is 5.26 Å². The minimum atomic E-state index is -1.24. The SMILES string of the molecule is COC(=O)C1(CCC#N)CCc2c(n(C)c3ccccc23)C1=O. The van der Waals surface area contributed by atoms with Gasteiger partial charge in [0.25, 0.3) is 0 Å². The Kier molecular flexibility index (Phi) is 3.69. The molecule has 1 aliphatic carbocycles. The van der Waals surface area contributed by atoms with Crippen LogP contribution >= 0.6 is 0 Å². The highest BCUT2D eigenvalue weighted by molar-refractivity contribution is 6.15. The summed E-state index contributed by atoms with van der Waals surface area (Å²) in [7, 11) is 3.14. The monoisotopic (exact) mass is 310 g/mol. The van der Waals surface area contributed by atoms with E-state index in [1.54, 1.807) is 0 Å². The van der Waals surface area contributed by atoms with Crippen LogP contribution in [0.1, 0.15) is 35.3 Å². The van der Waals surface area contributed by atoms with Crippen molar-refractivity contribution >= 4 is 22.7 Å². The largest absolute Gasteiger partial charge is 0.468 e. The van der Waals surface area contributed by atoms with E-state index in [-0.39, 0.29) is 18.6 Å². The van der Waals surface area contributed by atoms with Gasteiger partial charge in [0.05, 0.1) is 18.9 Å². The topological polar surface area (TPSA) is 72.1 Å². The number of ether oxygens (including phenoxy) is 1. The number of hydrogen-bond donors (Lipinski definition) is 0. The van der Waals surface area contributed by atoms with Gasteiger partial charge in [0.2, 0.25) is 0 Å². The highest BCUT2D eigenvalue weighted by Crippen LogP contribution is 2.43. The molecule has 0 aliphatic heterocycles. The number of carbonyl (C=O) groups is 2. The molecule has 0 N–H and O–H groups in total. The smallest absolute Gasteiger partial charge is 0.319 e. The quantitative estimate of drug-likeness (QED) is 0.645. The lowest BCUT2D eigenvalue weighted by Gasteiger charge is -2.32. The molecule has 2 aromatic rings. The van der Waals surface area contributed by atoms with E-state index in [2.05, 4.69) is 0 Å². The maximum absolute atomic E-state index is 13.2. The first-order chi connectivity index (χ1) is 11.1. The van der Waals surface area contributed by atoms with Crippen LogP contribution < -0.4 is 0 Å². The minimum Gasteiger partial charge on any atom is -0.468 e. The number of fused-ring (bicyclic) bond motifs is 3. The van der Waals surface area contributed by atoms with Crippen molar-refractivity contribution in [2.45, 2.75) is 25.7 Å². The second-order valence-electron chi connectivity index (χ2n) is 5.96. The lowest BCUT2D eigenvalue weighted by Crippen LogP contribution is -2.44. The number of Topliss-reactive ketones (excluding diaryl/α,β-unsaturated/α-hetero) is 1. The molecule has 3 rings (SSSR count). The maximum atomic E-state index is 13.2. The van der Waals surface area contributed by atoms with Crippen LogP contribution in [-0.4, -0.2) is 23.4 Å². The highest BCUT2D eigenvalue weighted by atomic mass is 16.5. The van der Waals surface area contributed by atoms with Gasteiger partial charge in [-0.3, -0.25) is 9.59 Å². The summed E-state index contributed by atoms with van der Waals surface area (Å²) in [5, 5.41) is 9.95. The Bertz CT molecular complexity index is 844. The van der Waals surface area contributed by atoms with Crippen LogP contribution in [0.15, 0.2) is 24.3 Å². The Balaban J connectivity index is 2.19. The van der Waals surface area contributed by atoms with Gasteiger partial charge in [-0.25, -0.2) is 0 Å². The Hall–Kier alpha value is -2.61. The molecule has 0 radical (unpaired) electrons. The van der Waals surface area contributed by atoms with Gasteiger partial charge in [-0.05, 0) is 30.9 Å². The summed E-state index contributed by atoms with van der Waals surface area (Å²) >= 11 is 0. The summed E-state index contributed by atoms with van der Waals surface area (Å²) in [6, 6.07) is 9.89. The van der Waals surface area contributed by atoms with Crippen LogP contribution in [-0.2, 0) is 23.0 Å². The standard InChI is InChI=1S/C18H18N2O3/c1-20-14-7-4-3-6-12(14)13-8-10-18(9-5-11-19,17(22)23-2)16(21)15(13)20/h3-4,6-7H,5,8-10H2,1-2H3. The lowest BCUT2D eigenvalue weighted by atomic mass is 9.69. The number of benzene rings is 1. The van der Waals surface area contributed by atoms with Crippen molar-refractivity contribution in [3.8, 4) is 6.07 Å². The van der Waals surface area contributed by atoms with Crippen molar-refractivity contribution in [2.24, 2.45) is 12.5 Å². The first-order valence-electron chi connectivity index (χ1n) is 7.63. The molecule has 5 nitrogen and oxygen atoms in total. The molecule has 1 aromatic carbocycles. The fourth-order valence-electron chi connectivity index (χ4n) is 3.69. The molecule has 1 atom stereocenters. The molecule has 0 bridgehead atoms. The number of hydrogen-bond acceptors (Lipinski definition) is 4. The Morgan fingerprint density at radius 3 is 2.87 bits per heavy atom. The number of nitrogens with zero attached hydrogens (tertiary/aromatic N) is 2. The van der Waals surface area contributed by atoms with Crippen molar-refractivity contribution in [1.82, 2.24) is 4.57 Å². The van der Waals surface area contributed by atoms with Crippen molar-refractivity contribution in [3.05, 3.63) is 35.5 Å². The molecule has 0 saturated heterocycles. The number of para-hydroxylation sites is 1. The van der Waals surface area contributed by atoms with E-state index in [1.807, 2.05) is 41.9 Å². The van der Waals surface area contributed by atoms with Crippen molar-refractivity contribution < 1.29 is 14.3 Å². The predicted octanol–water partition coefficient (Wildman–Crippen LogP) is 2.77. The molecule has 0 amide bonds. The molecule has 0 fully saturated rings. The van der Waals surface area contributed by atoms with Gasteiger partial charge in [0.15, 0.2) is 5.78 Å². The third-order valence-electron chi connectivity index (χ3n) is 4.90. The summed E-state index contributed by atoms with van der Waals surface area (Å²) in [5.41, 5.74) is 1.30. The van der Waals surface area contributed by atoms with Gasteiger partial charge in [-0.15, -0.1) is 0 Å². The Labute approximate surface area is 134 Å². The molecule has 118 valence electrons. The van der Waals surface area contributed by atoms with Crippen LogP contribution in [0.25, 0.3) is 10.9 Å². The number of aromatic nitrogens is 1. The normalized spacial score (nSPS) is 20.1. The molecule has 5 heteroatoms. The average Bonchev–Trinajstić information content (AvgIpc) is 2.87. The first-order valence-corrected chi connectivity index (χ1v) is 7.63. The zero-order valence-corrected chi connectivity index (χ0v) is 13.3. The summed E-state index contributed by atoms with van der Waals surface area (Å²) in [4.78, 5) is 25.6. The Morgan fingerprint density at radius 2 is 2.17 bits per heavy atom. The fraction of sp³-hybridized carbons (Fsp3) is 0.389.